The summed E-state index contributed by atoms with van der Waals surface area (Å²) < 4.78 is 30.0. The fourth-order valence-electron chi connectivity index (χ4n) is 2.00. The molecule has 0 saturated carbocycles. The number of aryl methyl sites for hydroxylation is 2. The van der Waals surface area contributed by atoms with E-state index < -0.39 is 15.9 Å². The van der Waals surface area contributed by atoms with Crippen LogP contribution in [0, 0.1) is 6.92 Å². The first-order chi connectivity index (χ1) is 10.1. The number of sulfonamides is 1. The first kappa shape index (κ1) is 16.0. The molecule has 1 amide bonds. The van der Waals surface area contributed by atoms with Gasteiger partial charge in [0.25, 0.3) is 15.9 Å². The van der Waals surface area contributed by atoms with Crippen LogP contribution in [0.4, 0.5) is 5.69 Å². The molecule has 120 valence electrons. The van der Waals surface area contributed by atoms with Gasteiger partial charge >= 0.3 is 0 Å². The van der Waals surface area contributed by atoms with Gasteiger partial charge in [0.05, 0.1) is 11.9 Å². The molecule has 0 saturated heterocycles. The first-order valence-corrected chi connectivity index (χ1v) is 8.02. The molecular formula is C12H18N6O3S. The third kappa shape index (κ3) is 2.82. The van der Waals surface area contributed by atoms with Gasteiger partial charge in [-0.25, -0.2) is 8.42 Å². The number of nitrogens with zero attached hydrogens (tertiary/aromatic N) is 4. The number of carbonyl (C=O) groups excluding carboxylic acids is 1. The van der Waals surface area contributed by atoms with Crippen molar-refractivity contribution in [3.63, 3.8) is 0 Å². The van der Waals surface area contributed by atoms with Crippen LogP contribution in [0.3, 0.4) is 0 Å². The van der Waals surface area contributed by atoms with Crippen molar-refractivity contribution in [1.29, 1.82) is 0 Å². The zero-order valence-electron chi connectivity index (χ0n) is 12.7. The molecule has 3 N–H and O–H groups in total. The highest BCUT2D eigenvalue weighted by molar-refractivity contribution is 7.92. The summed E-state index contributed by atoms with van der Waals surface area (Å²) in [6.45, 7) is 5.35. The topological polar surface area (TPSA) is 125 Å². The Morgan fingerprint density at radius 3 is 2.55 bits per heavy atom. The number of anilines is 1. The minimum atomic E-state index is -3.89. The highest BCUT2D eigenvalue weighted by Gasteiger charge is 2.24. The number of carbonyl (C=O) groups is 1. The third-order valence-electron chi connectivity index (χ3n) is 3.11. The first-order valence-electron chi connectivity index (χ1n) is 6.54. The molecule has 10 heteroatoms. The molecule has 2 rings (SSSR count). The maximum absolute atomic E-state index is 12.4. The summed E-state index contributed by atoms with van der Waals surface area (Å²) in [5.41, 5.74) is 5.71. The standard InChI is InChI=1S/C12H18N6O3S/c1-7(2)18-6-9(5-14-18)22(20,21)16-10-8(3)15-17(4)11(10)12(13)19/h5-7,16H,1-4H3,(H2,13,19). The van der Waals surface area contributed by atoms with Crippen molar-refractivity contribution >= 4 is 21.6 Å². The van der Waals surface area contributed by atoms with Gasteiger partial charge in [-0.15, -0.1) is 0 Å². The molecule has 2 heterocycles. The summed E-state index contributed by atoms with van der Waals surface area (Å²) in [5.74, 6) is -0.765. The second kappa shape index (κ2) is 5.44. The van der Waals surface area contributed by atoms with Crippen LogP contribution >= 0.6 is 0 Å². The summed E-state index contributed by atoms with van der Waals surface area (Å²) >= 11 is 0. The number of amides is 1. The second-order valence-corrected chi connectivity index (χ2v) is 6.83. The maximum Gasteiger partial charge on any atom is 0.269 e. The summed E-state index contributed by atoms with van der Waals surface area (Å²) in [7, 11) is -2.37. The number of hydrogen-bond acceptors (Lipinski definition) is 5. The van der Waals surface area contributed by atoms with E-state index in [-0.39, 0.29) is 22.3 Å². The fourth-order valence-corrected chi connectivity index (χ4v) is 3.06. The fraction of sp³-hybridized carbons (Fsp3) is 0.417. The van der Waals surface area contributed by atoms with Crippen molar-refractivity contribution in [1.82, 2.24) is 19.6 Å². The number of hydrogen-bond donors (Lipinski definition) is 2. The van der Waals surface area contributed by atoms with Crippen LogP contribution in [0.15, 0.2) is 17.3 Å². The van der Waals surface area contributed by atoms with E-state index in [2.05, 4.69) is 14.9 Å². The number of nitrogens with two attached hydrogens (primary N) is 1. The van der Waals surface area contributed by atoms with Gasteiger partial charge in [-0.1, -0.05) is 0 Å². The van der Waals surface area contributed by atoms with Crippen molar-refractivity contribution in [3.8, 4) is 0 Å². The molecule has 0 atom stereocenters. The minimum Gasteiger partial charge on any atom is -0.364 e. The van der Waals surface area contributed by atoms with Gasteiger partial charge in [0.15, 0.2) is 0 Å². The Labute approximate surface area is 128 Å². The highest BCUT2D eigenvalue weighted by atomic mass is 32.2. The molecule has 9 nitrogen and oxygen atoms in total. The van der Waals surface area contributed by atoms with Gasteiger partial charge in [-0.3, -0.25) is 18.9 Å². The third-order valence-corrected chi connectivity index (χ3v) is 4.41. The quantitative estimate of drug-likeness (QED) is 0.823. The Hall–Kier alpha value is -2.36. The number of nitrogens with one attached hydrogen (secondary N) is 1. The Kier molecular flexibility index (Phi) is 3.96. The van der Waals surface area contributed by atoms with Crippen LogP contribution in [0.2, 0.25) is 0 Å². The zero-order chi connectivity index (χ0) is 16.7. The lowest BCUT2D eigenvalue weighted by molar-refractivity contribution is 0.0992. The van der Waals surface area contributed by atoms with Crippen LogP contribution in [0.1, 0.15) is 36.1 Å². The number of rotatable bonds is 5. The molecule has 0 aromatic carbocycles. The van der Waals surface area contributed by atoms with Gasteiger partial charge in [-0.05, 0) is 20.8 Å². The van der Waals surface area contributed by atoms with Crippen LogP contribution in [0.5, 0.6) is 0 Å². The molecule has 0 bridgehead atoms. The van der Waals surface area contributed by atoms with E-state index in [0.29, 0.717) is 5.69 Å². The molecule has 0 spiro atoms. The zero-order valence-corrected chi connectivity index (χ0v) is 13.5. The van der Waals surface area contributed by atoms with Gasteiger partial charge in [0, 0.05) is 19.3 Å². The summed E-state index contributed by atoms with van der Waals surface area (Å²) in [6.07, 6.45) is 2.67. The Bertz CT molecular complexity index is 818. The molecule has 22 heavy (non-hydrogen) atoms. The Balaban J connectivity index is 2.43. The van der Waals surface area contributed by atoms with Crippen LogP contribution in [0.25, 0.3) is 0 Å². The number of primary amides is 1. The van der Waals surface area contributed by atoms with Crippen molar-refractivity contribution < 1.29 is 13.2 Å². The Morgan fingerprint density at radius 2 is 2.05 bits per heavy atom. The van der Waals surface area contributed by atoms with E-state index in [9.17, 15) is 13.2 Å². The van der Waals surface area contributed by atoms with Crippen molar-refractivity contribution in [3.05, 3.63) is 23.8 Å². The average molecular weight is 326 g/mol. The maximum atomic E-state index is 12.4. The van der Waals surface area contributed by atoms with Crippen molar-refractivity contribution in [2.75, 3.05) is 4.72 Å². The van der Waals surface area contributed by atoms with E-state index in [1.165, 1.54) is 28.8 Å². The predicted octanol–water partition coefficient (Wildman–Crippen LogP) is 0.406. The lowest BCUT2D eigenvalue weighted by Crippen LogP contribution is -2.20. The van der Waals surface area contributed by atoms with Gasteiger partial charge < -0.3 is 5.73 Å². The molecular weight excluding hydrogens is 308 g/mol. The van der Waals surface area contributed by atoms with Gasteiger partial charge in [0.1, 0.15) is 16.3 Å². The normalized spacial score (nSPS) is 11.9. The molecule has 2 aromatic rings. The monoisotopic (exact) mass is 326 g/mol. The molecule has 0 aliphatic carbocycles. The van der Waals surface area contributed by atoms with Gasteiger partial charge in [0.2, 0.25) is 0 Å². The Morgan fingerprint density at radius 1 is 1.41 bits per heavy atom. The summed E-state index contributed by atoms with van der Waals surface area (Å²) in [5, 5.41) is 8.01. The number of aromatic nitrogens is 4. The summed E-state index contributed by atoms with van der Waals surface area (Å²) in [4.78, 5) is 11.5. The predicted molar refractivity (Wildman–Crippen MR) is 79.9 cm³/mol. The van der Waals surface area contributed by atoms with E-state index in [4.69, 9.17) is 5.73 Å². The second-order valence-electron chi connectivity index (χ2n) is 5.15. The lowest BCUT2D eigenvalue weighted by atomic mass is 10.3. The summed E-state index contributed by atoms with van der Waals surface area (Å²) in [6, 6.07) is 0.0326. The van der Waals surface area contributed by atoms with Gasteiger partial charge in [-0.2, -0.15) is 10.2 Å². The van der Waals surface area contributed by atoms with Crippen molar-refractivity contribution in [2.24, 2.45) is 12.8 Å². The molecule has 0 unspecified atom stereocenters. The van der Waals surface area contributed by atoms with Crippen molar-refractivity contribution in [2.45, 2.75) is 31.7 Å². The minimum absolute atomic E-state index is 0.000117. The van der Waals surface area contributed by atoms with E-state index in [1.54, 1.807) is 6.92 Å². The van der Waals surface area contributed by atoms with Crippen LogP contribution < -0.4 is 10.5 Å². The molecule has 0 fully saturated rings. The largest absolute Gasteiger partial charge is 0.364 e. The van der Waals surface area contributed by atoms with E-state index in [1.807, 2.05) is 13.8 Å². The molecule has 2 aromatic heterocycles. The molecule has 0 radical (unpaired) electrons. The molecule has 0 aliphatic heterocycles. The van der Waals surface area contributed by atoms with Crippen LogP contribution in [-0.2, 0) is 17.1 Å². The van der Waals surface area contributed by atoms with E-state index in [0.717, 1.165) is 0 Å². The lowest BCUT2D eigenvalue weighted by Gasteiger charge is -2.07. The van der Waals surface area contributed by atoms with Crippen LogP contribution in [-0.4, -0.2) is 33.9 Å². The smallest absolute Gasteiger partial charge is 0.269 e. The SMILES string of the molecule is Cc1nn(C)c(C(N)=O)c1NS(=O)(=O)c1cnn(C(C)C)c1. The molecule has 0 aliphatic rings. The highest BCUT2D eigenvalue weighted by Crippen LogP contribution is 2.23. The average Bonchev–Trinajstić information content (AvgIpc) is 2.95. The van der Waals surface area contributed by atoms with E-state index >= 15 is 0 Å².